The number of benzene rings is 1. The normalized spacial score (nSPS) is 21.2. The second-order valence-electron chi connectivity index (χ2n) is 9.61. The van der Waals surface area contributed by atoms with Gasteiger partial charge < -0.3 is 10.0 Å². The number of likely N-dealkylation sites (tertiary alicyclic amines) is 1. The van der Waals surface area contributed by atoms with Gasteiger partial charge in [0.05, 0.1) is 15.7 Å². The molecule has 3 rings (SSSR count). The molecule has 4 N–H and O–H groups in total. The summed E-state index contributed by atoms with van der Waals surface area (Å²) in [5, 5.41) is 13.1. The maximum Gasteiger partial charge on any atom is 0.416 e. The summed E-state index contributed by atoms with van der Waals surface area (Å²) in [7, 11) is -7.63. The van der Waals surface area contributed by atoms with Gasteiger partial charge in [-0.15, -0.1) is 9.53 Å². The van der Waals surface area contributed by atoms with Gasteiger partial charge in [0.15, 0.2) is 9.84 Å². The smallest absolute Gasteiger partial charge is 0.374 e. The van der Waals surface area contributed by atoms with Crippen LogP contribution in [0.5, 0.6) is 0 Å². The van der Waals surface area contributed by atoms with E-state index in [2.05, 4.69) is 14.9 Å². The van der Waals surface area contributed by atoms with E-state index in [1.54, 1.807) is 0 Å². The van der Waals surface area contributed by atoms with Crippen LogP contribution in [0.15, 0.2) is 23.1 Å². The van der Waals surface area contributed by atoms with Crippen LogP contribution in [-0.4, -0.2) is 77.7 Å². The summed E-state index contributed by atoms with van der Waals surface area (Å²) in [6.07, 6.45) is -0.837. The van der Waals surface area contributed by atoms with Crippen molar-refractivity contribution in [2.75, 3.05) is 45.2 Å². The molecule has 1 unspecified atom stereocenters. The van der Waals surface area contributed by atoms with Gasteiger partial charge in [-0.05, 0) is 68.5 Å². The molecule has 1 saturated heterocycles. The highest BCUT2D eigenvalue weighted by Gasteiger charge is 2.41. The van der Waals surface area contributed by atoms with Crippen molar-refractivity contribution in [2.24, 2.45) is 5.92 Å². The molecular formula is C21H34F3N3O5S2. The molecule has 13 heteroatoms. The molecule has 2 fully saturated rings. The fourth-order valence-corrected chi connectivity index (χ4v) is 6.92. The number of aliphatic hydroxyl groups excluding tert-OH is 1. The van der Waals surface area contributed by atoms with E-state index in [4.69, 9.17) is 0 Å². The molecule has 0 amide bonds. The first-order chi connectivity index (χ1) is 15.5. The first-order valence-electron chi connectivity index (χ1n) is 11.2. The highest BCUT2D eigenvalue weighted by molar-refractivity contribution is 8.13. The molecule has 1 atom stereocenters. The van der Waals surface area contributed by atoms with Gasteiger partial charge in [0, 0.05) is 32.1 Å². The summed E-state index contributed by atoms with van der Waals surface area (Å²) < 4.78 is 88.9. The third-order valence-corrected chi connectivity index (χ3v) is 10.5. The summed E-state index contributed by atoms with van der Waals surface area (Å²) >= 11 is 0. The standard InChI is InChI=1S/C21H34F3N3O5S2/c1-33(29,30)18-12-16(11-17(13-18)21(22,23)24)20(28)25-14-15-5-8-27(9-6-15)10-7-26-34(2,31,32)19-3-4-19/h11-13,15,19-20,25,28H,3-10,14H2,1-2H3,(H2,26,31,32). The summed E-state index contributed by atoms with van der Waals surface area (Å²) in [6, 6.07) is 2.38. The molecule has 1 saturated carbocycles. The van der Waals surface area contributed by atoms with Crippen LogP contribution in [0, 0.1) is 5.92 Å². The lowest BCUT2D eigenvalue weighted by Gasteiger charge is -2.41. The molecule has 1 heterocycles. The van der Waals surface area contributed by atoms with E-state index in [9.17, 15) is 35.5 Å². The first-order valence-corrected chi connectivity index (χ1v) is 15.5. The molecule has 34 heavy (non-hydrogen) atoms. The SMILES string of the molecule is CS(=O)(=O)c1cc(C(O)NCC2CCN(CCNS(C)(=O)(O)C3CC3)CC2)cc(C(F)(F)F)c1. The molecule has 1 aromatic carbocycles. The molecular weight excluding hydrogens is 495 g/mol. The summed E-state index contributed by atoms with van der Waals surface area (Å²) in [5.74, 6) is 0.187. The fraction of sp³-hybridized carbons (Fsp3) is 0.714. The maximum absolute atomic E-state index is 13.2. The predicted molar refractivity (Wildman–Crippen MR) is 124 cm³/mol. The van der Waals surface area contributed by atoms with E-state index < -0.39 is 42.2 Å². The Labute approximate surface area is 198 Å². The van der Waals surface area contributed by atoms with Crippen LogP contribution < -0.4 is 10.0 Å². The Balaban J connectivity index is 1.49. The van der Waals surface area contributed by atoms with Gasteiger partial charge in [0.25, 0.3) is 0 Å². The first kappa shape index (κ1) is 27.5. The Hall–Kier alpha value is -1.09. The molecule has 0 spiro atoms. The number of hydrogen-bond acceptors (Lipinski definition) is 6. The van der Waals surface area contributed by atoms with Crippen LogP contribution in [-0.2, 0) is 25.5 Å². The van der Waals surface area contributed by atoms with Gasteiger partial charge in [-0.2, -0.15) is 17.4 Å². The zero-order valence-corrected chi connectivity index (χ0v) is 21.0. The number of nitrogens with zero attached hydrogens (tertiary/aromatic N) is 1. The number of hydrogen-bond donors (Lipinski definition) is 4. The van der Waals surface area contributed by atoms with Gasteiger partial charge in [0.1, 0.15) is 6.23 Å². The Kier molecular flexibility index (Phi) is 7.89. The summed E-state index contributed by atoms with van der Waals surface area (Å²) in [6.45, 7) is 2.93. The largest absolute Gasteiger partial charge is 0.416 e. The summed E-state index contributed by atoms with van der Waals surface area (Å²) in [5.41, 5.74) is -1.28. The third kappa shape index (κ3) is 7.45. The molecule has 0 aromatic heterocycles. The Morgan fingerprint density at radius 3 is 2.32 bits per heavy atom. The van der Waals surface area contributed by atoms with Gasteiger partial charge in [-0.1, -0.05) is 0 Å². The average molecular weight is 530 g/mol. The van der Waals surface area contributed by atoms with Crippen molar-refractivity contribution in [1.82, 2.24) is 14.9 Å². The van der Waals surface area contributed by atoms with Gasteiger partial charge in [-0.25, -0.2) is 13.1 Å². The van der Waals surface area contributed by atoms with E-state index in [0.717, 1.165) is 57.2 Å². The monoisotopic (exact) mass is 529 g/mol. The Bertz CT molecular complexity index is 1050. The van der Waals surface area contributed by atoms with Crippen LogP contribution in [0.2, 0.25) is 0 Å². The number of nitrogens with one attached hydrogen (secondary N) is 2. The molecule has 0 bridgehead atoms. The van der Waals surface area contributed by atoms with Gasteiger partial charge in [0.2, 0.25) is 0 Å². The number of halogens is 3. The Morgan fingerprint density at radius 1 is 1.18 bits per heavy atom. The van der Waals surface area contributed by atoms with Crippen molar-refractivity contribution >= 4 is 19.4 Å². The van der Waals surface area contributed by atoms with E-state index in [1.807, 2.05) is 0 Å². The van der Waals surface area contributed by atoms with Crippen molar-refractivity contribution in [3.05, 3.63) is 29.3 Å². The average Bonchev–Trinajstić information content (AvgIpc) is 3.57. The van der Waals surface area contributed by atoms with Crippen molar-refractivity contribution in [3.63, 3.8) is 0 Å². The molecule has 0 radical (unpaired) electrons. The van der Waals surface area contributed by atoms with Crippen LogP contribution in [0.4, 0.5) is 13.2 Å². The minimum atomic E-state index is -4.74. The highest BCUT2D eigenvalue weighted by Crippen LogP contribution is 2.38. The maximum atomic E-state index is 13.2. The molecule has 8 nitrogen and oxygen atoms in total. The van der Waals surface area contributed by atoms with Crippen molar-refractivity contribution < 1.29 is 35.5 Å². The van der Waals surface area contributed by atoms with Crippen LogP contribution in [0.3, 0.4) is 0 Å². The lowest BCUT2D eigenvalue weighted by Crippen LogP contribution is -2.52. The second kappa shape index (κ2) is 9.75. The molecule has 2 aliphatic rings. The van der Waals surface area contributed by atoms with Crippen LogP contribution in [0.25, 0.3) is 0 Å². The highest BCUT2D eigenvalue weighted by atomic mass is 32.3. The number of rotatable bonds is 10. The molecule has 196 valence electrons. The lowest BCUT2D eigenvalue weighted by atomic mass is 9.96. The topological polar surface area (TPSA) is 119 Å². The minimum Gasteiger partial charge on any atom is -0.374 e. The zero-order valence-electron chi connectivity index (χ0n) is 19.3. The second-order valence-corrected chi connectivity index (χ2v) is 15.3. The van der Waals surface area contributed by atoms with Gasteiger partial charge in [-0.3, -0.25) is 9.87 Å². The van der Waals surface area contributed by atoms with Crippen LogP contribution >= 0.6 is 0 Å². The predicted octanol–water partition coefficient (Wildman–Crippen LogP) is 1.99. The molecule has 1 aromatic rings. The fourth-order valence-electron chi connectivity index (χ4n) is 4.16. The van der Waals surface area contributed by atoms with Crippen molar-refractivity contribution in [2.45, 2.75) is 48.2 Å². The van der Waals surface area contributed by atoms with E-state index >= 15 is 0 Å². The zero-order chi connectivity index (χ0) is 25.4. The quantitative estimate of drug-likeness (QED) is 0.342. The molecule has 1 aliphatic heterocycles. The molecule has 1 aliphatic carbocycles. The number of alkyl halides is 3. The van der Waals surface area contributed by atoms with E-state index in [-0.39, 0.29) is 16.7 Å². The number of piperidine rings is 1. The minimum absolute atomic E-state index is 0.156. The third-order valence-electron chi connectivity index (χ3n) is 6.50. The summed E-state index contributed by atoms with van der Waals surface area (Å²) in [4.78, 5) is 1.68. The number of aliphatic hydroxyl groups is 1. The van der Waals surface area contributed by atoms with Gasteiger partial charge >= 0.3 is 6.18 Å². The van der Waals surface area contributed by atoms with Crippen molar-refractivity contribution in [3.8, 4) is 0 Å². The Morgan fingerprint density at radius 2 is 1.79 bits per heavy atom. The van der Waals surface area contributed by atoms with E-state index in [1.165, 1.54) is 6.26 Å². The number of sulfone groups is 1. The van der Waals surface area contributed by atoms with Crippen LogP contribution in [0.1, 0.15) is 43.0 Å². The lowest BCUT2D eigenvalue weighted by molar-refractivity contribution is -0.137. The van der Waals surface area contributed by atoms with E-state index in [0.29, 0.717) is 25.7 Å². The van der Waals surface area contributed by atoms with Crippen molar-refractivity contribution in [1.29, 1.82) is 0 Å².